The van der Waals surface area contributed by atoms with E-state index in [2.05, 4.69) is 9.88 Å². The van der Waals surface area contributed by atoms with E-state index in [1.165, 1.54) is 0 Å². The fraction of sp³-hybridized carbons (Fsp3) is 0.385. The summed E-state index contributed by atoms with van der Waals surface area (Å²) in [5.74, 6) is -0.740. The zero-order valence-corrected chi connectivity index (χ0v) is 10.4. The minimum atomic E-state index is -0.740. The zero-order chi connectivity index (χ0) is 13.0. The number of rotatable bonds is 6. The maximum atomic E-state index is 10.4. The van der Waals surface area contributed by atoms with Crippen molar-refractivity contribution in [1.82, 2.24) is 14.3 Å². The first-order valence-corrected chi connectivity index (χ1v) is 5.98. The fourth-order valence-corrected chi connectivity index (χ4v) is 1.92. The molecule has 5 heteroatoms. The molecule has 0 bridgehead atoms. The number of pyridine rings is 1. The fourth-order valence-electron chi connectivity index (χ4n) is 1.92. The van der Waals surface area contributed by atoms with E-state index in [9.17, 15) is 4.79 Å². The number of aliphatic carboxylic acids is 1. The van der Waals surface area contributed by atoms with Crippen LogP contribution in [0.25, 0.3) is 5.65 Å². The van der Waals surface area contributed by atoms with Crippen LogP contribution in [0.3, 0.4) is 0 Å². The first-order valence-electron chi connectivity index (χ1n) is 5.98. The Bertz CT molecular complexity index is 503. The smallest absolute Gasteiger partial charge is 0.303 e. The van der Waals surface area contributed by atoms with Crippen LogP contribution >= 0.6 is 0 Å². The van der Waals surface area contributed by atoms with Gasteiger partial charge in [-0.05, 0) is 32.1 Å². The van der Waals surface area contributed by atoms with Crippen molar-refractivity contribution in [3.8, 4) is 0 Å². The number of carbonyl (C=O) groups is 1. The molecule has 0 saturated carbocycles. The first kappa shape index (κ1) is 12.6. The highest BCUT2D eigenvalue weighted by Gasteiger charge is 2.05. The first-order chi connectivity index (χ1) is 8.65. The molecule has 0 aliphatic carbocycles. The molecule has 0 aliphatic rings. The van der Waals surface area contributed by atoms with Crippen molar-refractivity contribution >= 4 is 11.6 Å². The summed E-state index contributed by atoms with van der Waals surface area (Å²) >= 11 is 0. The second kappa shape index (κ2) is 5.64. The average Bonchev–Trinajstić information content (AvgIpc) is 2.70. The number of imidazole rings is 1. The molecule has 0 unspecified atom stereocenters. The Morgan fingerprint density at radius 1 is 1.50 bits per heavy atom. The molecule has 0 radical (unpaired) electrons. The molecule has 2 aromatic rings. The highest BCUT2D eigenvalue weighted by molar-refractivity contribution is 5.66. The van der Waals surface area contributed by atoms with E-state index in [-0.39, 0.29) is 6.42 Å². The van der Waals surface area contributed by atoms with E-state index < -0.39 is 5.97 Å². The predicted molar refractivity (Wildman–Crippen MR) is 68.4 cm³/mol. The quantitative estimate of drug-likeness (QED) is 0.843. The third kappa shape index (κ3) is 3.30. The molecule has 0 atom stereocenters. The molecular weight excluding hydrogens is 230 g/mol. The molecule has 0 aliphatic heterocycles. The highest BCUT2D eigenvalue weighted by atomic mass is 16.4. The Morgan fingerprint density at radius 3 is 3.06 bits per heavy atom. The maximum Gasteiger partial charge on any atom is 0.303 e. The number of carboxylic acids is 1. The lowest BCUT2D eigenvalue weighted by atomic mass is 10.3. The van der Waals surface area contributed by atoms with Gasteiger partial charge in [-0.1, -0.05) is 6.07 Å². The van der Waals surface area contributed by atoms with E-state index in [4.69, 9.17) is 5.11 Å². The van der Waals surface area contributed by atoms with Crippen LogP contribution in [0.1, 0.15) is 18.5 Å². The van der Waals surface area contributed by atoms with Crippen molar-refractivity contribution < 1.29 is 9.90 Å². The van der Waals surface area contributed by atoms with E-state index in [1.54, 1.807) is 0 Å². The lowest BCUT2D eigenvalue weighted by molar-refractivity contribution is -0.137. The van der Waals surface area contributed by atoms with Crippen molar-refractivity contribution in [2.45, 2.75) is 19.4 Å². The van der Waals surface area contributed by atoms with Crippen molar-refractivity contribution in [3.63, 3.8) is 0 Å². The molecule has 2 rings (SSSR count). The molecule has 1 N–H and O–H groups in total. The monoisotopic (exact) mass is 247 g/mol. The third-order valence-corrected chi connectivity index (χ3v) is 2.78. The van der Waals surface area contributed by atoms with Crippen LogP contribution < -0.4 is 0 Å². The second-order valence-electron chi connectivity index (χ2n) is 4.43. The summed E-state index contributed by atoms with van der Waals surface area (Å²) in [6, 6.07) is 5.89. The summed E-state index contributed by atoms with van der Waals surface area (Å²) < 4.78 is 1.99. The Hall–Kier alpha value is -1.88. The largest absolute Gasteiger partial charge is 0.481 e. The van der Waals surface area contributed by atoms with E-state index >= 15 is 0 Å². The Morgan fingerprint density at radius 2 is 2.33 bits per heavy atom. The molecular formula is C13H17N3O2. The number of nitrogens with zero attached hydrogens (tertiary/aromatic N) is 3. The Kier molecular flexibility index (Phi) is 3.94. The zero-order valence-electron chi connectivity index (χ0n) is 10.4. The van der Waals surface area contributed by atoms with Gasteiger partial charge in [0, 0.05) is 25.4 Å². The van der Waals surface area contributed by atoms with Gasteiger partial charge in [0.1, 0.15) is 5.65 Å². The number of hydrogen-bond acceptors (Lipinski definition) is 3. The van der Waals surface area contributed by atoms with E-state index in [0.29, 0.717) is 6.42 Å². The molecule has 96 valence electrons. The Labute approximate surface area is 106 Å². The van der Waals surface area contributed by atoms with Crippen molar-refractivity contribution in [2.24, 2.45) is 0 Å². The number of hydrogen-bond donors (Lipinski definition) is 1. The van der Waals surface area contributed by atoms with Gasteiger partial charge in [-0.2, -0.15) is 0 Å². The maximum absolute atomic E-state index is 10.4. The van der Waals surface area contributed by atoms with Gasteiger partial charge in [-0.25, -0.2) is 4.98 Å². The van der Waals surface area contributed by atoms with Crippen LogP contribution in [-0.2, 0) is 11.3 Å². The molecule has 2 aromatic heterocycles. The number of aromatic nitrogens is 2. The molecule has 18 heavy (non-hydrogen) atoms. The summed E-state index contributed by atoms with van der Waals surface area (Å²) in [7, 11) is 1.98. The summed E-state index contributed by atoms with van der Waals surface area (Å²) in [5, 5.41) is 8.58. The third-order valence-electron chi connectivity index (χ3n) is 2.78. The molecule has 0 spiro atoms. The summed E-state index contributed by atoms with van der Waals surface area (Å²) in [4.78, 5) is 17.0. The molecule has 5 nitrogen and oxygen atoms in total. The topological polar surface area (TPSA) is 57.8 Å². The van der Waals surface area contributed by atoms with Gasteiger partial charge < -0.3 is 14.4 Å². The molecule has 0 fully saturated rings. The van der Waals surface area contributed by atoms with Crippen LogP contribution in [0.15, 0.2) is 30.6 Å². The van der Waals surface area contributed by atoms with Gasteiger partial charge in [-0.15, -0.1) is 0 Å². The van der Waals surface area contributed by atoms with Gasteiger partial charge in [0.15, 0.2) is 0 Å². The second-order valence-corrected chi connectivity index (χ2v) is 4.43. The van der Waals surface area contributed by atoms with Crippen LogP contribution in [-0.4, -0.2) is 39.0 Å². The van der Waals surface area contributed by atoms with Gasteiger partial charge in [-0.3, -0.25) is 4.79 Å². The summed E-state index contributed by atoms with van der Waals surface area (Å²) in [6.07, 6.45) is 4.86. The van der Waals surface area contributed by atoms with E-state index in [0.717, 1.165) is 24.4 Å². The van der Waals surface area contributed by atoms with Crippen molar-refractivity contribution in [2.75, 3.05) is 13.6 Å². The minimum Gasteiger partial charge on any atom is -0.481 e. The number of fused-ring (bicyclic) bond motifs is 1. The minimum absolute atomic E-state index is 0.218. The summed E-state index contributed by atoms with van der Waals surface area (Å²) in [5.41, 5.74) is 1.94. The molecule has 0 aromatic carbocycles. The normalized spacial score (nSPS) is 11.2. The van der Waals surface area contributed by atoms with Crippen LogP contribution in [0.2, 0.25) is 0 Å². The highest BCUT2D eigenvalue weighted by Crippen LogP contribution is 2.07. The summed E-state index contributed by atoms with van der Waals surface area (Å²) in [6.45, 7) is 1.50. The molecule has 2 heterocycles. The lowest BCUT2D eigenvalue weighted by Crippen LogP contribution is -2.20. The Balaban J connectivity index is 1.90. The predicted octanol–water partition coefficient (Wildman–Crippen LogP) is 1.63. The van der Waals surface area contributed by atoms with Gasteiger partial charge in [0.25, 0.3) is 0 Å². The van der Waals surface area contributed by atoms with Gasteiger partial charge >= 0.3 is 5.97 Å². The van der Waals surface area contributed by atoms with Crippen LogP contribution in [0.5, 0.6) is 0 Å². The standard InChI is InChI=1S/C13H17N3O2/c1-15(7-4-6-13(17)18)9-11-10-16-8-3-2-5-12(16)14-11/h2-3,5,8,10H,4,6-7,9H2,1H3,(H,17,18). The SMILES string of the molecule is CN(CCCC(=O)O)Cc1cn2ccccc2n1. The van der Waals surface area contributed by atoms with Crippen molar-refractivity contribution in [3.05, 3.63) is 36.3 Å². The average molecular weight is 247 g/mol. The van der Waals surface area contributed by atoms with Crippen molar-refractivity contribution in [1.29, 1.82) is 0 Å². The van der Waals surface area contributed by atoms with Gasteiger partial charge in [0.05, 0.1) is 5.69 Å². The molecule has 0 saturated heterocycles. The lowest BCUT2D eigenvalue weighted by Gasteiger charge is -2.13. The van der Waals surface area contributed by atoms with Gasteiger partial charge in [0.2, 0.25) is 0 Å². The van der Waals surface area contributed by atoms with Crippen LogP contribution in [0.4, 0.5) is 0 Å². The van der Waals surface area contributed by atoms with E-state index in [1.807, 2.05) is 42.0 Å². The number of carboxylic acid groups (broad SMARTS) is 1. The van der Waals surface area contributed by atoms with Crippen LogP contribution in [0, 0.1) is 0 Å². The molecule has 0 amide bonds.